The molecular weight excluding hydrogens is 236 g/mol. The Morgan fingerprint density at radius 2 is 1.83 bits per heavy atom. The number of nitrogens with one attached hydrogen (secondary N) is 1. The van der Waals surface area contributed by atoms with Crippen LogP contribution in [0.25, 0.3) is 0 Å². The van der Waals surface area contributed by atoms with Crippen molar-refractivity contribution >= 4 is 11.9 Å². The highest BCUT2D eigenvalue weighted by Gasteiger charge is 2.12. The molecule has 0 saturated heterocycles. The molecule has 1 unspecified atom stereocenters. The van der Waals surface area contributed by atoms with Gasteiger partial charge in [0.2, 0.25) is 0 Å². The fourth-order valence-corrected chi connectivity index (χ4v) is 1.71. The summed E-state index contributed by atoms with van der Waals surface area (Å²) in [6.07, 6.45) is 6.59. The van der Waals surface area contributed by atoms with Gasteiger partial charge in [0.05, 0.1) is 6.54 Å². The van der Waals surface area contributed by atoms with Crippen LogP contribution in [0.2, 0.25) is 0 Å². The Hall–Kier alpha value is -1.14. The lowest BCUT2D eigenvalue weighted by Gasteiger charge is -2.21. The lowest BCUT2D eigenvalue weighted by Crippen LogP contribution is -2.34. The number of carboxylic acids is 2. The average molecular weight is 260 g/mol. The summed E-state index contributed by atoms with van der Waals surface area (Å²) in [5.41, 5.74) is 5.02. The molecule has 1 aliphatic rings. The molecule has 1 fully saturated rings. The van der Waals surface area contributed by atoms with Crippen molar-refractivity contribution in [2.24, 2.45) is 5.73 Å². The van der Waals surface area contributed by atoms with Gasteiger partial charge in [0.1, 0.15) is 6.04 Å². The molecule has 1 saturated carbocycles. The van der Waals surface area contributed by atoms with E-state index >= 15 is 0 Å². The van der Waals surface area contributed by atoms with Gasteiger partial charge in [0, 0.05) is 6.04 Å². The molecular formula is C12H24N2O4. The minimum atomic E-state index is -0.928. The molecule has 6 heteroatoms. The highest BCUT2D eigenvalue weighted by molar-refractivity contribution is 5.72. The molecule has 6 nitrogen and oxygen atoms in total. The maximum absolute atomic E-state index is 10.2. The SMILES string of the molecule is CCC(N)C(=O)O.O=C(O)CNC1CCCCC1. The van der Waals surface area contributed by atoms with Gasteiger partial charge in [0.15, 0.2) is 0 Å². The van der Waals surface area contributed by atoms with E-state index in [-0.39, 0.29) is 6.54 Å². The second kappa shape index (κ2) is 9.85. The normalized spacial score (nSPS) is 17.4. The Labute approximate surface area is 108 Å². The van der Waals surface area contributed by atoms with Crippen molar-refractivity contribution in [3.63, 3.8) is 0 Å². The summed E-state index contributed by atoms with van der Waals surface area (Å²) in [5, 5.41) is 19.5. The van der Waals surface area contributed by atoms with Crippen molar-refractivity contribution in [1.82, 2.24) is 5.32 Å². The first-order chi connectivity index (χ1) is 8.47. The van der Waals surface area contributed by atoms with Crippen LogP contribution in [-0.2, 0) is 9.59 Å². The molecule has 18 heavy (non-hydrogen) atoms. The maximum Gasteiger partial charge on any atom is 0.320 e. The number of hydrogen-bond donors (Lipinski definition) is 4. The molecule has 0 aliphatic heterocycles. The molecule has 0 bridgehead atoms. The molecule has 106 valence electrons. The van der Waals surface area contributed by atoms with Crippen molar-refractivity contribution in [2.75, 3.05) is 6.54 Å². The lowest BCUT2D eigenvalue weighted by atomic mass is 9.96. The molecule has 1 rings (SSSR count). The van der Waals surface area contributed by atoms with E-state index in [1.165, 1.54) is 19.3 Å². The van der Waals surface area contributed by atoms with Crippen molar-refractivity contribution in [3.8, 4) is 0 Å². The summed E-state index contributed by atoms with van der Waals surface area (Å²) in [6, 6.07) is -0.222. The van der Waals surface area contributed by atoms with Crippen LogP contribution in [-0.4, -0.2) is 40.8 Å². The Bertz CT molecular complexity index is 252. The molecule has 0 heterocycles. The summed E-state index contributed by atoms with van der Waals surface area (Å²) < 4.78 is 0. The zero-order valence-electron chi connectivity index (χ0n) is 10.9. The van der Waals surface area contributed by atoms with Crippen LogP contribution in [0, 0.1) is 0 Å². The van der Waals surface area contributed by atoms with Crippen LogP contribution in [0.4, 0.5) is 0 Å². The van der Waals surface area contributed by atoms with Crippen LogP contribution in [0.5, 0.6) is 0 Å². The molecule has 0 spiro atoms. The lowest BCUT2D eigenvalue weighted by molar-refractivity contribution is -0.138. The van der Waals surface area contributed by atoms with E-state index in [9.17, 15) is 9.59 Å². The molecule has 1 aliphatic carbocycles. The zero-order valence-corrected chi connectivity index (χ0v) is 10.9. The third-order valence-corrected chi connectivity index (χ3v) is 2.90. The smallest absolute Gasteiger partial charge is 0.320 e. The summed E-state index contributed by atoms with van der Waals surface area (Å²) in [4.78, 5) is 20.0. The standard InChI is InChI=1S/C8H15NO2.C4H9NO2/c10-8(11)6-9-7-4-2-1-3-5-7;1-2-3(5)4(6)7/h7,9H,1-6H2,(H,10,11);3H,2,5H2,1H3,(H,6,7). The first-order valence-electron chi connectivity index (χ1n) is 6.41. The minimum Gasteiger partial charge on any atom is -0.480 e. The Morgan fingerprint density at radius 1 is 1.28 bits per heavy atom. The molecule has 0 aromatic heterocycles. The fraction of sp³-hybridized carbons (Fsp3) is 0.833. The predicted octanol–water partition coefficient (Wildman–Crippen LogP) is 0.802. The summed E-state index contributed by atoms with van der Waals surface area (Å²) >= 11 is 0. The Kier molecular flexibility index (Phi) is 9.22. The number of carbonyl (C=O) groups is 2. The van der Waals surface area contributed by atoms with Gasteiger partial charge < -0.3 is 21.3 Å². The number of hydrogen-bond acceptors (Lipinski definition) is 4. The van der Waals surface area contributed by atoms with Crippen LogP contribution in [0.15, 0.2) is 0 Å². The van der Waals surface area contributed by atoms with Crippen molar-refractivity contribution in [2.45, 2.75) is 57.5 Å². The highest BCUT2D eigenvalue weighted by Crippen LogP contribution is 2.16. The van der Waals surface area contributed by atoms with Crippen LogP contribution in [0.3, 0.4) is 0 Å². The number of nitrogens with two attached hydrogens (primary N) is 1. The first-order valence-corrected chi connectivity index (χ1v) is 6.41. The fourth-order valence-electron chi connectivity index (χ4n) is 1.71. The van der Waals surface area contributed by atoms with Gasteiger partial charge in [-0.2, -0.15) is 0 Å². The molecule has 1 atom stereocenters. The Morgan fingerprint density at radius 3 is 2.17 bits per heavy atom. The van der Waals surface area contributed by atoms with Gasteiger partial charge in [-0.3, -0.25) is 9.59 Å². The average Bonchev–Trinajstić information content (AvgIpc) is 2.37. The first kappa shape index (κ1) is 16.9. The molecule has 0 radical (unpaired) electrons. The second-order valence-corrected chi connectivity index (χ2v) is 4.46. The van der Waals surface area contributed by atoms with E-state index < -0.39 is 18.0 Å². The van der Waals surface area contributed by atoms with E-state index in [2.05, 4.69) is 5.32 Å². The van der Waals surface area contributed by atoms with E-state index in [4.69, 9.17) is 15.9 Å². The topological polar surface area (TPSA) is 113 Å². The van der Waals surface area contributed by atoms with E-state index in [0.29, 0.717) is 12.5 Å². The molecule has 0 aromatic rings. The zero-order chi connectivity index (χ0) is 14.0. The van der Waals surface area contributed by atoms with E-state index in [0.717, 1.165) is 12.8 Å². The molecule has 0 amide bonds. The van der Waals surface area contributed by atoms with Crippen molar-refractivity contribution in [1.29, 1.82) is 0 Å². The summed E-state index contributed by atoms with van der Waals surface area (Å²) in [5.74, 6) is -1.68. The van der Waals surface area contributed by atoms with Gasteiger partial charge in [-0.25, -0.2) is 0 Å². The van der Waals surface area contributed by atoms with Crippen molar-refractivity contribution in [3.05, 3.63) is 0 Å². The van der Waals surface area contributed by atoms with Gasteiger partial charge in [-0.05, 0) is 19.3 Å². The van der Waals surface area contributed by atoms with Gasteiger partial charge in [-0.1, -0.05) is 26.2 Å². The third kappa shape index (κ3) is 8.95. The van der Waals surface area contributed by atoms with E-state index in [1.54, 1.807) is 6.92 Å². The predicted molar refractivity (Wildman–Crippen MR) is 68.4 cm³/mol. The third-order valence-electron chi connectivity index (χ3n) is 2.90. The van der Waals surface area contributed by atoms with Crippen molar-refractivity contribution < 1.29 is 19.8 Å². The summed E-state index contributed by atoms with van der Waals surface area (Å²) in [6.45, 7) is 1.85. The largest absolute Gasteiger partial charge is 0.480 e. The maximum atomic E-state index is 10.2. The monoisotopic (exact) mass is 260 g/mol. The highest BCUT2D eigenvalue weighted by atomic mass is 16.4. The quantitative estimate of drug-likeness (QED) is 0.581. The molecule has 5 N–H and O–H groups in total. The Balaban J connectivity index is 0.000000360. The van der Waals surface area contributed by atoms with Gasteiger partial charge in [0.25, 0.3) is 0 Å². The van der Waals surface area contributed by atoms with E-state index in [1.807, 2.05) is 0 Å². The second-order valence-electron chi connectivity index (χ2n) is 4.46. The number of rotatable bonds is 5. The number of carboxylic acid groups (broad SMARTS) is 2. The van der Waals surface area contributed by atoms with Gasteiger partial charge in [-0.15, -0.1) is 0 Å². The van der Waals surface area contributed by atoms with Crippen LogP contribution in [0.1, 0.15) is 45.4 Å². The summed E-state index contributed by atoms with van der Waals surface area (Å²) in [7, 11) is 0. The number of aliphatic carboxylic acids is 2. The van der Waals surface area contributed by atoms with Gasteiger partial charge >= 0.3 is 11.9 Å². The minimum absolute atomic E-state index is 0.116. The molecule has 0 aromatic carbocycles. The van der Waals surface area contributed by atoms with Crippen LogP contribution >= 0.6 is 0 Å². The van der Waals surface area contributed by atoms with Crippen LogP contribution < -0.4 is 11.1 Å².